The van der Waals surface area contributed by atoms with Crippen molar-refractivity contribution in [2.75, 3.05) is 43.5 Å². The summed E-state index contributed by atoms with van der Waals surface area (Å²) in [5.74, 6) is 3.20. The Balaban J connectivity index is 1.52. The van der Waals surface area contributed by atoms with E-state index >= 15 is 0 Å². The lowest BCUT2D eigenvalue weighted by atomic mass is 10.2. The molecule has 146 valence electrons. The molecule has 0 radical (unpaired) electrons. The summed E-state index contributed by atoms with van der Waals surface area (Å²) in [7, 11) is 1.93. The summed E-state index contributed by atoms with van der Waals surface area (Å²) in [6.45, 7) is 7.99. The summed E-state index contributed by atoms with van der Waals surface area (Å²) >= 11 is 2.02. The minimum atomic E-state index is -0.0178. The van der Waals surface area contributed by atoms with Crippen molar-refractivity contribution in [2.45, 2.75) is 26.9 Å². The van der Waals surface area contributed by atoms with Crippen molar-refractivity contribution < 1.29 is 9.32 Å². The van der Waals surface area contributed by atoms with Crippen molar-refractivity contribution in [3.05, 3.63) is 46.8 Å². The number of hydrogen-bond donors (Lipinski definition) is 1. The van der Waals surface area contributed by atoms with Gasteiger partial charge in [-0.05, 0) is 38.6 Å². The minimum Gasteiger partial charge on any atom is -0.361 e. The van der Waals surface area contributed by atoms with Crippen LogP contribution in [0.1, 0.15) is 22.6 Å². The van der Waals surface area contributed by atoms with Gasteiger partial charge in [-0.1, -0.05) is 17.3 Å². The number of hydrogen-bond acceptors (Lipinski definition) is 6. The van der Waals surface area contributed by atoms with E-state index in [1.54, 1.807) is 0 Å². The fraction of sp³-hybridized carbons (Fsp3) is 0.500. The molecule has 1 aliphatic heterocycles. The third-order valence-electron chi connectivity index (χ3n) is 4.74. The van der Waals surface area contributed by atoms with Gasteiger partial charge in [0.15, 0.2) is 0 Å². The van der Waals surface area contributed by atoms with Crippen LogP contribution in [0.3, 0.4) is 0 Å². The first-order chi connectivity index (χ1) is 13.0. The van der Waals surface area contributed by atoms with Crippen LogP contribution in [-0.4, -0.2) is 59.1 Å². The van der Waals surface area contributed by atoms with Crippen LogP contribution >= 0.6 is 11.8 Å². The lowest BCUT2D eigenvalue weighted by Crippen LogP contribution is -2.32. The molecule has 2 aromatic rings. The summed E-state index contributed by atoms with van der Waals surface area (Å²) in [5, 5.41) is 6.98. The maximum absolute atomic E-state index is 12.4. The van der Waals surface area contributed by atoms with Gasteiger partial charge in [-0.3, -0.25) is 14.6 Å². The summed E-state index contributed by atoms with van der Waals surface area (Å²) in [4.78, 5) is 16.9. The van der Waals surface area contributed by atoms with E-state index in [9.17, 15) is 4.79 Å². The van der Waals surface area contributed by atoms with Gasteiger partial charge in [0.05, 0.1) is 12.2 Å². The lowest BCUT2D eigenvalue weighted by molar-refractivity contribution is -0.117. The van der Waals surface area contributed by atoms with E-state index in [1.807, 2.05) is 49.7 Å². The first-order valence-electron chi connectivity index (χ1n) is 9.30. The second-order valence-electron chi connectivity index (χ2n) is 7.11. The van der Waals surface area contributed by atoms with Gasteiger partial charge < -0.3 is 9.84 Å². The molecule has 7 heteroatoms. The Kier molecular flexibility index (Phi) is 6.93. The van der Waals surface area contributed by atoms with Crippen molar-refractivity contribution in [3.63, 3.8) is 0 Å². The van der Waals surface area contributed by atoms with E-state index in [-0.39, 0.29) is 5.91 Å². The van der Waals surface area contributed by atoms with Gasteiger partial charge >= 0.3 is 0 Å². The maximum Gasteiger partial charge on any atom is 0.238 e. The zero-order valence-electron chi connectivity index (χ0n) is 16.3. The van der Waals surface area contributed by atoms with Gasteiger partial charge in [0.1, 0.15) is 5.76 Å². The molecule has 1 N–H and O–H groups in total. The molecule has 1 aliphatic rings. The molecule has 1 fully saturated rings. The van der Waals surface area contributed by atoms with Crippen molar-refractivity contribution in [3.8, 4) is 0 Å². The normalized spacial score (nSPS) is 15.3. The number of aryl methyl sites for hydroxylation is 2. The van der Waals surface area contributed by atoms with Crippen LogP contribution in [0, 0.1) is 13.8 Å². The van der Waals surface area contributed by atoms with Gasteiger partial charge in [0, 0.05) is 48.9 Å². The Bertz CT molecular complexity index is 752. The number of aromatic nitrogens is 1. The Morgan fingerprint density at radius 3 is 2.81 bits per heavy atom. The van der Waals surface area contributed by atoms with E-state index in [2.05, 4.69) is 27.5 Å². The summed E-state index contributed by atoms with van der Waals surface area (Å²) in [6, 6.07) is 8.16. The summed E-state index contributed by atoms with van der Waals surface area (Å²) < 4.78 is 5.19. The van der Waals surface area contributed by atoms with Crippen LogP contribution in [0.4, 0.5) is 5.69 Å². The number of nitrogens with one attached hydrogen (secondary N) is 1. The zero-order valence-corrected chi connectivity index (χ0v) is 17.1. The highest BCUT2D eigenvalue weighted by atomic mass is 32.2. The van der Waals surface area contributed by atoms with Gasteiger partial charge in [-0.15, -0.1) is 0 Å². The first-order valence-corrected chi connectivity index (χ1v) is 10.5. The number of thioether (sulfide) groups is 1. The Hall–Kier alpha value is -1.83. The van der Waals surface area contributed by atoms with Crippen LogP contribution < -0.4 is 5.32 Å². The van der Waals surface area contributed by atoms with E-state index in [0.29, 0.717) is 13.1 Å². The molecule has 1 amide bonds. The topological polar surface area (TPSA) is 61.6 Å². The minimum absolute atomic E-state index is 0.0178. The average molecular weight is 389 g/mol. The number of carbonyl (C=O) groups is 1. The van der Waals surface area contributed by atoms with Crippen LogP contribution in [-0.2, 0) is 17.9 Å². The molecule has 27 heavy (non-hydrogen) atoms. The average Bonchev–Trinajstić information content (AvgIpc) is 2.94. The predicted molar refractivity (Wildman–Crippen MR) is 110 cm³/mol. The van der Waals surface area contributed by atoms with E-state index in [4.69, 9.17) is 4.52 Å². The molecule has 3 rings (SSSR count). The van der Waals surface area contributed by atoms with Crippen LogP contribution in [0.2, 0.25) is 0 Å². The second-order valence-corrected chi connectivity index (χ2v) is 8.34. The molecule has 1 aromatic carbocycles. The van der Waals surface area contributed by atoms with Crippen molar-refractivity contribution in [2.24, 2.45) is 0 Å². The monoisotopic (exact) mass is 388 g/mol. The molecule has 1 saturated heterocycles. The fourth-order valence-electron chi connectivity index (χ4n) is 3.26. The number of carbonyl (C=O) groups excluding carboxylic acids is 1. The second kappa shape index (κ2) is 9.39. The summed E-state index contributed by atoms with van der Waals surface area (Å²) in [5.41, 5.74) is 4.02. The van der Waals surface area contributed by atoms with Crippen LogP contribution in [0.25, 0.3) is 0 Å². The number of anilines is 1. The largest absolute Gasteiger partial charge is 0.361 e. The molecular formula is C20H28N4O2S. The molecule has 0 unspecified atom stereocenters. The standard InChI is InChI=1S/C20H28N4O2S/c1-15-19(16(2)26-22-15)13-23(3)14-20(25)21-18-6-4-5-17(11-18)12-24-7-9-27-10-8-24/h4-6,11H,7-10,12-14H2,1-3H3,(H,21,25). The van der Waals surface area contributed by atoms with Crippen LogP contribution in [0.15, 0.2) is 28.8 Å². The smallest absolute Gasteiger partial charge is 0.238 e. The van der Waals surface area contributed by atoms with Gasteiger partial charge in [-0.25, -0.2) is 0 Å². The molecule has 2 heterocycles. The van der Waals surface area contributed by atoms with E-state index < -0.39 is 0 Å². The van der Waals surface area contributed by atoms with Crippen molar-refractivity contribution in [1.29, 1.82) is 0 Å². The highest BCUT2D eigenvalue weighted by Crippen LogP contribution is 2.17. The number of benzene rings is 1. The van der Waals surface area contributed by atoms with Crippen molar-refractivity contribution in [1.82, 2.24) is 15.0 Å². The Morgan fingerprint density at radius 1 is 1.33 bits per heavy atom. The van der Waals surface area contributed by atoms with Gasteiger partial charge in [-0.2, -0.15) is 11.8 Å². The van der Waals surface area contributed by atoms with E-state index in [1.165, 1.54) is 17.1 Å². The maximum atomic E-state index is 12.4. The molecule has 0 saturated carbocycles. The van der Waals surface area contributed by atoms with Crippen LogP contribution in [0.5, 0.6) is 0 Å². The first kappa shape index (κ1) is 19.9. The highest BCUT2D eigenvalue weighted by Gasteiger charge is 2.14. The number of nitrogens with zero attached hydrogens (tertiary/aromatic N) is 3. The molecule has 0 bridgehead atoms. The molecule has 6 nitrogen and oxygen atoms in total. The number of rotatable bonds is 7. The van der Waals surface area contributed by atoms with E-state index in [0.717, 1.165) is 42.3 Å². The zero-order chi connectivity index (χ0) is 19.2. The SMILES string of the molecule is Cc1noc(C)c1CN(C)CC(=O)Nc1cccc(CN2CCSCC2)c1. The van der Waals surface area contributed by atoms with Crippen molar-refractivity contribution >= 4 is 23.4 Å². The Morgan fingerprint density at radius 2 is 2.11 bits per heavy atom. The highest BCUT2D eigenvalue weighted by molar-refractivity contribution is 7.99. The molecule has 0 aliphatic carbocycles. The third-order valence-corrected chi connectivity index (χ3v) is 5.69. The van der Waals surface area contributed by atoms with Gasteiger partial charge in [0.25, 0.3) is 0 Å². The quantitative estimate of drug-likeness (QED) is 0.787. The number of likely N-dealkylation sites (N-methyl/N-ethyl adjacent to an activating group) is 1. The molecule has 0 spiro atoms. The molecule has 0 atom stereocenters. The lowest BCUT2D eigenvalue weighted by Gasteiger charge is -2.26. The fourth-order valence-corrected chi connectivity index (χ4v) is 4.24. The third kappa shape index (κ3) is 5.82. The summed E-state index contributed by atoms with van der Waals surface area (Å²) in [6.07, 6.45) is 0. The molecular weight excluding hydrogens is 360 g/mol. The molecule has 1 aromatic heterocycles. The predicted octanol–water partition coefficient (Wildman–Crippen LogP) is 2.91. The van der Waals surface area contributed by atoms with Gasteiger partial charge in [0.2, 0.25) is 5.91 Å². The Labute approximate surface area is 165 Å². The number of amides is 1.